The number of hydrogen-bond donors (Lipinski definition) is 0. The summed E-state index contributed by atoms with van der Waals surface area (Å²) in [4.78, 5) is 4.54. The van der Waals surface area contributed by atoms with Gasteiger partial charge in [0.1, 0.15) is 5.52 Å². The number of nitrogens with zero attached hydrogens (tertiary/aromatic N) is 5. The lowest BCUT2D eigenvalue weighted by atomic mass is 10.0. The average molecular weight is 347 g/mol. The second kappa shape index (κ2) is 6.71. The number of benzene rings is 2. The Morgan fingerprint density at radius 3 is 2.73 bits per heavy atom. The maximum absolute atomic E-state index is 5.46. The molecule has 132 valence electrons. The summed E-state index contributed by atoms with van der Waals surface area (Å²) < 4.78 is 7.36. The first kappa shape index (κ1) is 16.4. The molecule has 0 radical (unpaired) electrons. The van der Waals surface area contributed by atoms with Crippen molar-refractivity contribution in [2.24, 2.45) is 0 Å². The molecule has 0 unspecified atom stereocenters. The zero-order valence-electron chi connectivity index (χ0n) is 15.2. The number of hydrogen-bond acceptors (Lipinski definition) is 5. The van der Waals surface area contributed by atoms with Crippen molar-refractivity contribution < 1.29 is 4.52 Å². The van der Waals surface area contributed by atoms with Gasteiger partial charge in [-0.05, 0) is 56.5 Å². The van der Waals surface area contributed by atoms with E-state index in [1.165, 1.54) is 11.1 Å². The largest absolute Gasteiger partial charge is 0.334 e. The van der Waals surface area contributed by atoms with E-state index in [2.05, 4.69) is 65.5 Å². The van der Waals surface area contributed by atoms with Crippen LogP contribution >= 0.6 is 0 Å². The average Bonchev–Trinajstić information content (AvgIpc) is 3.27. The van der Waals surface area contributed by atoms with E-state index < -0.39 is 0 Å². The SMILES string of the molecule is Cc1ccccc1CCc1noc(-c2ccc3c(c2)nnn3C(C)C)n1. The first-order chi connectivity index (χ1) is 12.6. The van der Waals surface area contributed by atoms with E-state index in [0.717, 1.165) is 29.4 Å². The molecular formula is C20H21N5O. The number of aromatic nitrogens is 5. The first-order valence-electron chi connectivity index (χ1n) is 8.84. The summed E-state index contributed by atoms with van der Waals surface area (Å²) in [7, 11) is 0. The van der Waals surface area contributed by atoms with E-state index in [-0.39, 0.29) is 6.04 Å². The van der Waals surface area contributed by atoms with E-state index in [4.69, 9.17) is 4.52 Å². The normalized spacial score (nSPS) is 11.5. The minimum absolute atomic E-state index is 0.266. The fraction of sp³-hybridized carbons (Fsp3) is 0.300. The molecule has 0 bridgehead atoms. The summed E-state index contributed by atoms with van der Waals surface area (Å²) in [5.41, 5.74) is 5.29. The Balaban J connectivity index is 1.54. The van der Waals surface area contributed by atoms with Crippen LogP contribution in [0.1, 0.15) is 36.8 Å². The highest BCUT2D eigenvalue weighted by atomic mass is 16.5. The van der Waals surface area contributed by atoms with Crippen LogP contribution in [0.2, 0.25) is 0 Å². The Kier molecular flexibility index (Phi) is 4.24. The van der Waals surface area contributed by atoms with Crippen LogP contribution in [0.4, 0.5) is 0 Å². The van der Waals surface area contributed by atoms with Crippen molar-refractivity contribution in [3.63, 3.8) is 0 Å². The quantitative estimate of drug-likeness (QED) is 0.542. The Labute approximate surface area is 151 Å². The summed E-state index contributed by atoms with van der Waals surface area (Å²) >= 11 is 0. The molecule has 4 rings (SSSR count). The molecular weight excluding hydrogens is 326 g/mol. The molecule has 26 heavy (non-hydrogen) atoms. The van der Waals surface area contributed by atoms with Crippen LogP contribution in [0, 0.1) is 6.92 Å². The van der Waals surface area contributed by atoms with Gasteiger partial charge >= 0.3 is 0 Å². The molecule has 0 saturated carbocycles. The number of fused-ring (bicyclic) bond motifs is 1. The van der Waals surface area contributed by atoms with Crippen molar-refractivity contribution in [3.05, 3.63) is 59.4 Å². The Morgan fingerprint density at radius 1 is 1.08 bits per heavy atom. The maximum atomic E-state index is 5.46. The van der Waals surface area contributed by atoms with Gasteiger partial charge in [0, 0.05) is 18.0 Å². The smallest absolute Gasteiger partial charge is 0.258 e. The molecule has 4 aromatic rings. The van der Waals surface area contributed by atoms with Crippen LogP contribution < -0.4 is 0 Å². The lowest BCUT2D eigenvalue weighted by Crippen LogP contribution is -2.02. The van der Waals surface area contributed by atoms with Crippen LogP contribution in [0.3, 0.4) is 0 Å². The summed E-state index contributed by atoms with van der Waals surface area (Å²) in [5, 5.41) is 12.6. The maximum Gasteiger partial charge on any atom is 0.258 e. The van der Waals surface area contributed by atoms with Gasteiger partial charge in [-0.3, -0.25) is 0 Å². The van der Waals surface area contributed by atoms with E-state index in [1.54, 1.807) is 0 Å². The van der Waals surface area contributed by atoms with Gasteiger partial charge in [-0.2, -0.15) is 4.98 Å². The topological polar surface area (TPSA) is 69.6 Å². The molecule has 0 aliphatic carbocycles. The highest BCUT2D eigenvalue weighted by Crippen LogP contribution is 2.23. The molecule has 0 aliphatic heterocycles. The van der Waals surface area contributed by atoms with Gasteiger partial charge in [-0.25, -0.2) is 4.68 Å². The molecule has 2 aromatic heterocycles. The molecule has 0 N–H and O–H groups in total. The van der Waals surface area contributed by atoms with E-state index >= 15 is 0 Å². The van der Waals surface area contributed by atoms with Gasteiger partial charge in [-0.1, -0.05) is 34.6 Å². The highest BCUT2D eigenvalue weighted by molar-refractivity contribution is 5.79. The lowest BCUT2D eigenvalue weighted by molar-refractivity contribution is 0.422. The Morgan fingerprint density at radius 2 is 1.92 bits per heavy atom. The van der Waals surface area contributed by atoms with E-state index in [9.17, 15) is 0 Å². The van der Waals surface area contributed by atoms with Gasteiger partial charge < -0.3 is 4.52 Å². The van der Waals surface area contributed by atoms with E-state index in [1.807, 2.05) is 22.9 Å². The molecule has 6 nitrogen and oxygen atoms in total. The zero-order valence-corrected chi connectivity index (χ0v) is 15.2. The zero-order chi connectivity index (χ0) is 18.1. The van der Waals surface area contributed by atoms with Crippen LogP contribution in [0.25, 0.3) is 22.5 Å². The fourth-order valence-corrected chi connectivity index (χ4v) is 3.07. The molecule has 6 heteroatoms. The van der Waals surface area contributed by atoms with Crippen LogP contribution in [-0.4, -0.2) is 25.1 Å². The highest BCUT2D eigenvalue weighted by Gasteiger charge is 2.13. The summed E-state index contributed by atoms with van der Waals surface area (Å²) in [6, 6.07) is 14.6. The first-order valence-corrected chi connectivity index (χ1v) is 8.84. The fourth-order valence-electron chi connectivity index (χ4n) is 3.07. The summed E-state index contributed by atoms with van der Waals surface area (Å²) in [5.74, 6) is 1.24. The molecule has 2 aromatic carbocycles. The standard InChI is InChI=1S/C20H21N5O/c1-13(2)25-18-10-8-16(12-17(18)22-24-25)20-21-19(23-26-20)11-9-15-7-5-4-6-14(15)3/h4-8,10,12-13H,9,11H2,1-3H3. The van der Waals surface area contributed by atoms with Crippen molar-refractivity contribution in [2.75, 3.05) is 0 Å². The molecule has 0 atom stereocenters. The second-order valence-corrected chi connectivity index (χ2v) is 6.77. The number of rotatable bonds is 5. The lowest BCUT2D eigenvalue weighted by Gasteiger charge is -2.04. The van der Waals surface area contributed by atoms with Crippen LogP contribution in [0.15, 0.2) is 47.0 Å². The Hall–Kier alpha value is -3.02. The van der Waals surface area contributed by atoms with E-state index in [0.29, 0.717) is 11.7 Å². The van der Waals surface area contributed by atoms with Crippen LogP contribution in [-0.2, 0) is 12.8 Å². The summed E-state index contributed by atoms with van der Waals surface area (Å²) in [6.45, 7) is 6.29. The van der Waals surface area contributed by atoms with Crippen molar-refractivity contribution in [1.29, 1.82) is 0 Å². The summed E-state index contributed by atoms with van der Waals surface area (Å²) in [6.07, 6.45) is 1.65. The minimum Gasteiger partial charge on any atom is -0.334 e. The molecule has 0 saturated heterocycles. The van der Waals surface area contributed by atoms with Gasteiger partial charge in [0.15, 0.2) is 5.82 Å². The second-order valence-electron chi connectivity index (χ2n) is 6.77. The third-order valence-corrected chi connectivity index (χ3v) is 4.55. The Bertz CT molecular complexity index is 1050. The van der Waals surface area contributed by atoms with Crippen molar-refractivity contribution >= 4 is 11.0 Å². The van der Waals surface area contributed by atoms with Gasteiger partial charge in [0.2, 0.25) is 0 Å². The van der Waals surface area contributed by atoms with Crippen LogP contribution in [0.5, 0.6) is 0 Å². The third-order valence-electron chi connectivity index (χ3n) is 4.55. The predicted molar refractivity (Wildman–Crippen MR) is 99.8 cm³/mol. The number of aryl methyl sites for hydroxylation is 3. The van der Waals surface area contributed by atoms with Crippen molar-refractivity contribution in [1.82, 2.24) is 25.1 Å². The van der Waals surface area contributed by atoms with Crippen molar-refractivity contribution in [2.45, 2.75) is 39.7 Å². The van der Waals surface area contributed by atoms with Gasteiger partial charge in [0.05, 0.1) is 5.52 Å². The third kappa shape index (κ3) is 3.10. The molecule has 0 fully saturated rings. The van der Waals surface area contributed by atoms with Crippen molar-refractivity contribution in [3.8, 4) is 11.5 Å². The molecule has 0 spiro atoms. The monoisotopic (exact) mass is 347 g/mol. The van der Waals surface area contributed by atoms with Gasteiger partial charge in [0.25, 0.3) is 5.89 Å². The molecule has 0 aliphatic rings. The minimum atomic E-state index is 0.266. The van der Waals surface area contributed by atoms with Gasteiger partial charge in [-0.15, -0.1) is 5.10 Å². The molecule has 0 amide bonds. The predicted octanol–water partition coefficient (Wildman–Crippen LogP) is 4.16. The molecule has 2 heterocycles.